The Morgan fingerprint density at radius 1 is 0.318 bits per heavy atom. The molecule has 2 nitrogen and oxygen atoms in total. The number of ether oxygens (including phenoxy) is 2. The second-order valence-corrected chi connectivity index (χ2v) is 24.6. The van der Waals surface area contributed by atoms with Crippen LogP contribution in [0.1, 0.15) is 105 Å². The summed E-state index contributed by atoms with van der Waals surface area (Å²) in [6.45, 7) is 10.7. The zero-order chi connectivity index (χ0) is 44.6. The number of halogens is 2. The molecule has 6 aromatic carbocycles. The molecule has 0 radical (unpaired) electrons. The number of benzene rings is 6. The highest BCUT2D eigenvalue weighted by molar-refractivity contribution is 7.99. The van der Waals surface area contributed by atoms with Gasteiger partial charge in [0.25, 0.3) is 0 Å². The summed E-state index contributed by atoms with van der Waals surface area (Å²) in [6.07, 6.45) is 19.7. The molecule has 0 heterocycles. The molecule has 1 aliphatic rings. The van der Waals surface area contributed by atoms with Crippen LogP contribution in [0, 0.1) is 0 Å². The van der Waals surface area contributed by atoms with Crippen LogP contribution in [-0.2, 0) is 9.47 Å². The molecule has 0 aromatic heterocycles. The largest absolute Gasteiger partial charge is 1.00 e. The van der Waals surface area contributed by atoms with Crippen molar-refractivity contribution in [3.05, 3.63) is 205 Å². The van der Waals surface area contributed by atoms with E-state index in [9.17, 15) is 0 Å². The van der Waals surface area contributed by atoms with Crippen LogP contribution in [0.5, 0.6) is 0 Å². The minimum Gasteiger partial charge on any atom is -1.00 e. The van der Waals surface area contributed by atoms with Crippen LogP contribution in [0.2, 0.25) is 0 Å². The monoisotopic (exact) mass is 1040 g/mol. The quantitative estimate of drug-likeness (QED) is 0.0452. The first-order valence-corrected chi connectivity index (χ1v) is 27.9. The Labute approximate surface area is 421 Å². The number of hydrogen-bond acceptors (Lipinski definition) is 2. The minimum absolute atomic E-state index is 0. The standard InChI is InChI=1S/C60H72O2P2.2BrH/c1-5-7-9-11-13-33-47-61-59(3)49-58(64(54-41-27-18-28-42-54,55-43-29-19-30-44-55)56-45-31-20-32-46-56)60(4,62-48-34-14-12-10-8-6-2)50-57(59)63(51-35-21-15-22-36-51,52-37-23-16-24-38-52)53-39-25-17-26-40-53;;/h15-32,35-46,49-50H,5-14,33-34,47-48H2,1-4H3;2*1H/q+2;;/p-2. The van der Waals surface area contributed by atoms with E-state index in [-0.39, 0.29) is 34.0 Å². The van der Waals surface area contributed by atoms with E-state index in [4.69, 9.17) is 9.47 Å². The molecule has 6 heteroatoms. The van der Waals surface area contributed by atoms with Gasteiger partial charge in [0, 0.05) is 13.2 Å². The molecule has 0 saturated carbocycles. The van der Waals surface area contributed by atoms with Crippen LogP contribution in [0.15, 0.2) is 205 Å². The van der Waals surface area contributed by atoms with Gasteiger partial charge in [-0.05, 0) is 112 Å². The molecule has 0 N–H and O–H groups in total. The molecule has 2 atom stereocenters. The lowest BCUT2D eigenvalue weighted by atomic mass is 9.90. The molecule has 2 unspecified atom stereocenters. The van der Waals surface area contributed by atoms with Gasteiger partial charge in [0.05, 0.1) is 0 Å². The molecule has 0 aliphatic heterocycles. The van der Waals surface area contributed by atoms with Crippen LogP contribution in [-0.4, -0.2) is 24.4 Å². The van der Waals surface area contributed by atoms with Gasteiger partial charge in [-0.15, -0.1) is 0 Å². The molecule has 0 bridgehead atoms. The zero-order valence-electron chi connectivity index (χ0n) is 39.8. The minimum atomic E-state index is -2.63. The Balaban J connectivity index is 0.00000408. The van der Waals surface area contributed by atoms with Crippen LogP contribution < -0.4 is 65.8 Å². The lowest BCUT2D eigenvalue weighted by molar-refractivity contribution is -0.00100. The van der Waals surface area contributed by atoms with E-state index < -0.39 is 25.7 Å². The first-order valence-electron chi connectivity index (χ1n) is 24.3. The fraction of sp³-hybridized carbons (Fsp3) is 0.333. The number of rotatable bonds is 24. The van der Waals surface area contributed by atoms with Gasteiger partial charge in [0.2, 0.25) is 0 Å². The summed E-state index contributed by atoms with van der Waals surface area (Å²) in [4.78, 5) is 0. The lowest BCUT2D eigenvalue weighted by Gasteiger charge is -2.46. The van der Waals surface area contributed by atoms with Crippen molar-refractivity contribution < 1.29 is 43.4 Å². The zero-order valence-corrected chi connectivity index (χ0v) is 44.8. The maximum Gasteiger partial charge on any atom is 0.145 e. The molecular weight excluding hydrogens is 974 g/mol. The molecular formula is C60H72Br2O2P2. The van der Waals surface area contributed by atoms with E-state index in [0.717, 1.165) is 25.7 Å². The van der Waals surface area contributed by atoms with E-state index in [2.05, 4.69) is 222 Å². The second-order valence-electron chi connectivity index (χ2n) is 17.9. The number of hydrogen-bond donors (Lipinski definition) is 0. The predicted molar refractivity (Wildman–Crippen MR) is 282 cm³/mol. The summed E-state index contributed by atoms with van der Waals surface area (Å²) < 4.78 is 15.4. The Kier molecular flexibility index (Phi) is 21.3. The third kappa shape index (κ3) is 11.9. The summed E-state index contributed by atoms with van der Waals surface area (Å²) in [6, 6.07) is 68.0. The highest BCUT2D eigenvalue weighted by Crippen LogP contribution is 2.73. The normalized spacial score (nSPS) is 17.2. The molecule has 0 amide bonds. The van der Waals surface area contributed by atoms with Crippen LogP contribution in [0.3, 0.4) is 0 Å². The van der Waals surface area contributed by atoms with Crippen molar-refractivity contribution in [2.75, 3.05) is 13.2 Å². The summed E-state index contributed by atoms with van der Waals surface area (Å²) in [5.74, 6) is 0. The van der Waals surface area contributed by atoms with Gasteiger partial charge in [0.1, 0.15) is 68.2 Å². The van der Waals surface area contributed by atoms with Crippen molar-refractivity contribution in [2.24, 2.45) is 0 Å². The highest BCUT2D eigenvalue weighted by atomic mass is 79.9. The average molecular weight is 1050 g/mol. The van der Waals surface area contributed by atoms with Crippen molar-refractivity contribution in [1.29, 1.82) is 0 Å². The van der Waals surface area contributed by atoms with E-state index in [0.29, 0.717) is 13.2 Å². The fourth-order valence-electron chi connectivity index (χ4n) is 10.0. The van der Waals surface area contributed by atoms with Crippen molar-refractivity contribution in [3.63, 3.8) is 0 Å². The van der Waals surface area contributed by atoms with Gasteiger partial charge in [-0.3, -0.25) is 0 Å². The lowest BCUT2D eigenvalue weighted by Crippen LogP contribution is -3.00. The smallest absolute Gasteiger partial charge is 0.145 e. The van der Waals surface area contributed by atoms with Gasteiger partial charge in [-0.2, -0.15) is 0 Å². The molecule has 6 aromatic rings. The van der Waals surface area contributed by atoms with Crippen molar-refractivity contribution >= 4 is 46.4 Å². The van der Waals surface area contributed by atoms with Crippen molar-refractivity contribution in [1.82, 2.24) is 0 Å². The molecule has 0 saturated heterocycles. The van der Waals surface area contributed by atoms with Gasteiger partial charge < -0.3 is 43.4 Å². The second kappa shape index (κ2) is 26.3. The SMILES string of the molecule is CCCCCCCCOC1(C)C=C([P+](c2ccccc2)(c2ccccc2)c2ccccc2)C(C)(OCCCCCCCC)C=C1[P+](c1ccccc1)(c1ccccc1)c1ccccc1.[Br-].[Br-]. The molecule has 1 aliphatic carbocycles. The average Bonchev–Trinajstić information content (AvgIpc) is 3.35. The van der Waals surface area contributed by atoms with E-state index in [1.807, 2.05) is 0 Å². The van der Waals surface area contributed by atoms with E-state index >= 15 is 0 Å². The van der Waals surface area contributed by atoms with E-state index in [1.54, 1.807) is 0 Å². The van der Waals surface area contributed by atoms with Gasteiger partial charge in [-0.25, -0.2) is 0 Å². The molecule has 0 fully saturated rings. The number of unbranched alkanes of at least 4 members (excludes halogenated alkanes) is 10. The van der Waals surface area contributed by atoms with Crippen molar-refractivity contribution in [3.8, 4) is 0 Å². The fourth-order valence-corrected chi connectivity index (χ4v) is 19.7. The Morgan fingerprint density at radius 2 is 0.530 bits per heavy atom. The summed E-state index contributed by atoms with van der Waals surface area (Å²) >= 11 is 0. The first-order chi connectivity index (χ1) is 31.4. The Bertz CT molecular complexity index is 1980. The summed E-state index contributed by atoms with van der Waals surface area (Å²) in [5, 5.41) is 10.5. The topological polar surface area (TPSA) is 18.5 Å². The molecule has 0 spiro atoms. The van der Waals surface area contributed by atoms with Crippen molar-refractivity contribution in [2.45, 2.75) is 116 Å². The summed E-state index contributed by atoms with van der Waals surface area (Å²) in [7, 11) is -5.26. The Hall–Kier alpha value is -3.46. The maximum atomic E-state index is 7.71. The summed E-state index contributed by atoms with van der Waals surface area (Å²) in [5.41, 5.74) is -1.61. The van der Waals surface area contributed by atoms with Crippen LogP contribution >= 0.6 is 14.5 Å². The molecule has 66 heavy (non-hydrogen) atoms. The third-order valence-electron chi connectivity index (χ3n) is 13.2. The van der Waals surface area contributed by atoms with Crippen LogP contribution in [0.4, 0.5) is 0 Å². The third-order valence-corrected chi connectivity index (χ3v) is 22.3. The van der Waals surface area contributed by atoms with Gasteiger partial charge in [-0.1, -0.05) is 187 Å². The first kappa shape index (κ1) is 53.5. The van der Waals surface area contributed by atoms with Crippen LogP contribution in [0.25, 0.3) is 0 Å². The van der Waals surface area contributed by atoms with Gasteiger partial charge >= 0.3 is 0 Å². The maximum absolute atomic E-state index is 7.71. The predicted octanol–water partition coefficient (Wildman–Crippen LogP) is 8.04. The highest BCUT2D eigenvalue weighted by Gasteiger charge is 2.64. The molecule has 348 valence electrons. The molecule has 7 rings (SSSR count). The van der Waals surface area contributed by atoms with E-state index in [1.165, 1.54) is 93.8 Å². The van der Waals surface area contributed by atoms with Gasteiger partial charge in [0.15, 0.2) is 0 Å². The Morgan fingerprint density at radius 3 is 0.758 bits per heavy atom.